The van der Waals surface area contributed by atoms with Crippen LogP contribution in [0.4, 0.5) is 0 Å². The topological polar surface area (TPSA) is 65.0 Å². The van der Waals surface area contributed by atoms with Crippen molar-refractivity contribution in [1.29, 1.82) is 0 Å². The third-order valence-corrected chi connectivity index (χ3v) is 4.03. The summed E-state index contributed by atoms with van der Waals surface area (Å²) in [7, 11) is 3.11. The number of aryl methyl sites for hydroxylation is 1. The summed E-state index contributed by atoms with van der Waals surface area (Å²) in [5.74, 6) is 2.27. The lowest BCUT2D eigenvalue weighted by atomic mass is 9.99. The van der Waals surface area contributed by atoms with Crippen molar-refractivity contribution in [2.45, 2.75) is 26.9 Å². The van der Waals surface area contributed by atoms with Gasteiger partial charge in [0.2, 0.25) is 0 Å². The fourth-order valence-electron chi connectivity index (χ4n) is 2.57. The van der Waals surface area contributed by atoms with Crippen LogP contribution in [0.25, 0.3) is 0 Å². The number of methoxy groups -OCH3 is 2. The number of aliphatic hydroxyl groups is 1. The van der Waals surface area contributed by atoms with Gasteiger partial charge in [-0.3, -0.25) is 4.79 Å². The van der Waals surface area contributed by atoms with E-state index in [1.165, 1.54) is 0 Å². The van der Waals surface area contributed by atoms with E-state index in [9.17, 15) is 9.90 Å². The van der Waals surface area contributed by atoms with Gasteiger partial charge in [-0.1, -0.05) is 6.58 Å². The number of ether oxygens (including phenoxy) is 3. The highest BCUT2D eigenvalue weighted by molar-refractivity contribution is 5.96. The Hall–Kier alpha value is -2.79. The first-order chi connectivity index (χ1) is 12.4. The number of carbonyl (C=O) groups is 1. The molecule has 2 aromatic rings. The van der Waals surface area contributed by atoms with E-state index in [1.807, 2.05) is 13.0 Å². The Bertz CT molecular complexity index is 801. The molecule has 26 heavy (non-hydrogen) atoms. The van der Waals surface area contributed by atoms with Crippen molar-refractivity contribution in [3.05, 3.63) is 59.2 Å². The standard InChI is InChI=1S/C21H24O5/c1-13(2)20(23)11-19-14(3)6-17(10-21(19)25-5)26-18-8-15(12-22)7-16(9-18)24-4/h6-10,22H,1,11-12H2,2-5H3. The van der Waals surface area contributed by atoms with Gasteiger partial charge in [-0.2, -0.15) is 0 Å². The van der Waals surface area contributed by atoms with E-state index in [0.717, 1.165) is 11.1 Å². The normalized spacial score (nSPS) is 10.3. The highest BCUT2D eigenvalue weighted by atomic mass is 16.5. The molecule has 0 heterocycles. The highest BCUT2D eigenvalue weighted by Crippen LogP contribution is 2.33. The van der Waals surface area contributed by atoms with Crippen LogP contribution in [0, 0.1) is 6.92 Å². The molecule has 0 spiro atoms. The average Bonchev–Trinajstić information content (AvgIpc) is 2.62. The highest BCUT2D eigenvalue weighted by Gasteiger charge is 2.15. The van der Waals surface area contributed by atoms with Gasteiger partial charge in [0.15, 0.2) is 5.78 Å². The summed E-state index contributed by atoms with van der Waals surface area (Å²) < 4.78 is 16.6. The van der Waals surface area contributed by atoms with Gasteiger partial charge < -0.3 is 19.3 Å². The van der Waals surface area contributed by atoms with Gasteiger partial charge in [0.25, 0.3) is 0 Å². The lowest BCUT2D eigenvalue weighted by Crippen LogP contribution is -2.06. The first-order valence-corrected chi connectivity index (χ1v) is 8.20. The molecule has 0 fully saturated rings. The number of aliphatic hydroxyl groups excluding tert-OH is 1. The third-order valence-electron chi connectivity index (χ3n) is 4.03. The zero-order chi connectivity index (χ0) is 19.3. The number of hydrogen-bond donors (Lipinski definition) is 1. The molecule has 0 radical (unpaired) electrons. The van der Waals surface area contributed by atoms with E-state index in [1.54, 1.807) is 45.4 Å². The SMILES string of the molecule is C=C(C)C(=O)Cc1c(C)cc(Oc2cc(CO)cc(OC)c2)cc1OC. The van der Waals surface area contributed by atoms with Crippen LogP contribution < -0.4 is 14.2 Å². The molecular weight excluding hydrogens is 332 g/mol. The number of Topliss-reactive ketones (excluding diaryl/α,β-unsaturated/α-hetero) is 1. The number of hydrogen-bond acceptors (Lipinski definition) is 5. The molecule has 0 aliphatic rings. The Morgan fingerprint density at radius 3 is 2.27 bits per heavy atom. The van der Waals surface area contributed by atoms with Gasteiger partial charge in [-0.05, 0) is 48.7 Å². The van der Waals surface area contributed by atoms with E-state index in [4.69, 9.17) is 14.2 Å². The molecule has 0 saturated heterocycles. The smallest absolute Gasteiger partial charge is 0.162 e. The van der Waals surface area contributed by atoms with E-state index >= 15 is 0 Å². The molecule has 0 atom stereocenters. The molecule has 0 aromatic heterocycles. The summed E-state index contributed by atoms with van der Waals surface area (Å²) in [5, 5.41) is 9.37. The van der Waals surface area contributed by atoms with Gasteiger partial charge in [0, 0.05) is 24.1 Å². The summed E-state index contributed by atoms with van der Waals surface area (Å²) >= 11 is 0. The number of rotatable bonds is 8. The summed E-state index contributed by atoms with van der Waals surface area (Å²) in [6.07, 6.45) is 0.235. The number of allylic oxidation sites excluding steroid dienone is 1. The fourth-order valence-corrected chi connectivity index (χ4v) is 2.57. The molecule has 138 valence electrons. The van der Waals surface area contributed by atoms with Gasteiger partial charge in [0.1, 0.15) is 23.0 Å². The van der Waals surface area contributed by atoms with E-state index in [-0.39, 0.29) is 18.8 Å². The summed E-state index contributed by atoms with van der Waals surface area (Å²) in [5.41, 5.74) is 2.90. The first-order valence-electron chi connectivity index (χ1n) is 8.20. The van der Waals surface area contributed by atoms with Crippen LogP contribution in [0.1, 0.15) is 23.6 Å². The minimum absolute atomic E-state index is 0.0274. The van der Waals surface area contributed by atoms with Crippen LogP contribution in [0.15, 0.2) is 42.5 Å². The Morgan fingerprint density at radius 1 is 1.04 bits per heavy atom. The second-order valence-corrected chi connectivity index (χ2v) is 6.08. The van der Waals surface area contributed by atoms with E-state index < -0.39 is 0 Å². The zero-order valence-corrected chi connectivity index (χ0v) is 15.6. The second-order valence-electron chi connectivity index (χ2n) is 6.08. The van der Waals surface area contributed by atoms with E-state index in [2.05, 4.69) is 6.58 Å². The molecule has 0 unspecified atom stereocenters. The molecule has 0 bridgehead atoms. The van der Waals surface area contributed by atoms with Gasteiger partial charge >= 0.3 is 0 Å². The van der Waals surface area contributed by atoms with Crippen molar-refractivity contribution in [3.8, 4) is 23.0 Å². The number of carbonyl (C=O) groups excluding carboxylic acids is 1. The maximum Gasteiger partial charge on any atom is 0.162 e. The van der Waals surface area contributed by atoms with Crippen LogP contribution in [0.5, 0.6) is 23.0 Å². The maximum atomic E-state index is 12.0. The lowest BCUT2D eigenvalue weighted by Gasteiger charge is -2.15. The second kappa shape index (κ2) is 8.54. The lowest BCUT2D eigenvalue weighted by molar-refractivity contribution is -0.114. The Kier molecular flexibility index (Phi) is 6.41. The quantitative estimate of drug-likeness (QED) is 0.725. The number of benzene rings is 2. The fraction of sp³-hybridized carbons (Fsp3) is 0.286. The van der Waals surface area contributed by atoms with E-state index in [0.29, 0.717) is 34.1 Å². The Morgan fingerprint density at radius 2 is 1.69 bits per heavy atom. The van der Waals surface area contributed by atoms with Crippen LogP contribution >= 0.6 is 0 Å². The minimum atomic E-state index is -0.113. The summed E-state index contributed by atoms with van der Waals surface area (Å²) in [6.45, 7) is 7.18. The predicted octanol–water partition coefficient (Wildman–Crippen LogP) is 3.98. The predicted molar refractivity (Wildman–Crippen MR) is 100 cm³/mol. The van der Waals surface area contributed by atoms with Crippen molar-refractivity contribution in [2.24, 2.45) is 0 Å². The molecule has 0 amide bonds. The largest absolute Gasteiger partial charge is 0.497 e. The molecule has 0 saturated carbocycles. The van der Waals surface area contributed by atoms with Crippen LogP contribution in [0.3, 0.4) is 0 Å². The zero-order valence-electron chi connectivity index (χ0n) is 15.6. The molecule has 0 aliphatic carbocycles. The molecule has 5 nitrogen and oxygen atoms in total. The molecule has 1 N–H and O–H groups in total. The minimum Gasteiger partial charge on any atom is -0.497 e. The van der Waals surface area contributed by atoms with Crippen molar-refractivity contribution in [2.75, 3.05) is 14.2 Å². The number of ketones is 1. The van der Waals surface area contributed by atoms with Gasteiger partial charge in [-0.15, -0.1) is 0 Å². The maximum absolute atomic E-state index is 12.0. The average molecular weight is 356 g/mol. The molecule has 2 rings (SSSR count). The van der Waals surface area contributed by atoms with Crippen LogP contribution in [-0.2, 0) is 17.8 Å². The van der Waals surface area contributed by atoms with Crippen LogP contribution in [0.2, 0.25) is 0 Å². The van der Waals surface area contributed by atoms with Gasteiger partial charge in [-0.25, -0.2) is 0 Å². The van der Waals surface area contributed by atoms with Crippen LogP contribution in [-0.4, -0.2) is 25.1 Å². The van der Waals surface area contributed by atoms with Crippen molar-refractivity contribution in [1.82, 2.24) is 0 Å². The monoisotopic (exact) mass is 356 g/mol. The Balaban J connectivity index is 2.35. The first kappa shape index (κ1) is 19.5. The van der Waals surface area contributed by atoms with Gasteiger partial charge in [0.05, 0.1) is 20.8 Å². The van der Waals surface area contributed by atoms with Crippen molar-refractivity contribution >= 4 is 5.78 Å². The molecular formula is C21H24O5. The third kappa shape index (κ3) is 4.64. The summed E-state index contributed by atoms with van der Waals surface area (Å²) in [4.78, 5) is 12.0. The summed E-state index contributed by atoms with van der Waals surface area (Å²) in [6, 6.07) is 8.81. The molecule has 5 heteroatoms. The molecule has 0 aliphatic heterocycles. The van der Waals surface area contributed by atoms with Crippen molar-refractivity contribution < 1.29 is 24.1 Å². The molecule has 2 aromatic carbocycles. The van der Waals surface area contributed by atoms with Crippen molar-refractivity contribution in [3.63, 3.8) is 0 Å². The Labute approximate surface area is 153 Å².